The summed E-state index contributed by atoms with van der Waals surface area (Å²) >= 11 is 0. The lowest BCUT2D eigenvalue weighted by molar-refractivity contribution is -0.127. The standard InChI is InChI=1S/C24H25N3O4/c1-2-15-31-23-19(17-18-6-3-4-7-20(18)25-23)9-10-22(28)26-11-13-27(14-12-26)24(29)21-8-5-16-30-21/h3-10,16-17H,2,11-15H2,1H3/b10-9+. The number of pyridine rings is 1. The molecule has 1 saturated heterocycles. The van der Waals surface area contributed by atoms with Crippen molar-refractivity contribution < 1.29 is 18.7 Å². The van der Waals surface area contributed by atoms with Gasteiger partial charge in [-0.25, -0.2) is 4.98 Å². The summed E-state index contributed by atoms with van der Waals surface area (Å²) in [5.41, 5.74) is 1.63. The first-order valence-corrected chi connectivity index (χ1v) is 10.5. The molecule has 160 valence electrons. The number of carbonyl (C=O) groups excluding carboxylic acids is 2. The molecule has 2 aromatic heterocycles. The van der Waals surface area contributed by atoms with Gasteiger partial charge in [0.15, 0.2) is 5.76 Å². The fourth-order valence-corrected chi connectivity index (χ4v) is 3.50. The number of benzene rings is 1. The third-order valence-corrected chi connectivity index (χ3v) is 5.18. The van der Waals surface area contributed by atoms with Crippen molar-refractivity contribution >= 4 is 28.8 Å². The summed E-state index contributed by atoms with van der Waals surface area (Å²) in [7, 11) is 0. The van der Waals surface area contributed by atoms with E-state index in [9.17, 15) is 9.59 Å². The van der Waals surface area contributed by atoms with Crippen molar-refractivity contribution in [1.29, 1.82) is 0 Å². The SMILES string of the molecule is CCCOc1nc2ccccc2cc1/C=C/C(=O)N1CCN(C(=O)c2ccco2)CC1. The quantitative estimate of drug-likeness (QED) is 0.571. The normalized spacial score (nSPS) is 14.4. The molecule has 3 aromatic rings. The molecular formula is C24H25N3O4. The van der Waals surface area contributed by atoms with Crippen molar-refractivity contribution in [3.8, 4) is 5.88 Å². The number of amides is 2. The molecule has 4 rings (SSSR count). The summed E-state index contributed by atoms with van der Waals surface area (Å²) in [6.45, 7) is 4.50. The fraction of sp³-hybridized carbons (Fsp3) is 0.292. The van der Waals surface area contributed by atoms with Crippen LogP contribution in [0.25, 0.3) is 17.0 Å². The van der Waals surface area contributed by atoms with Crippen molar-refractivity contribution in [2.24, 2.45) is 0 Å². The van der Waals surface area contributed by atoms with Crippen LogP contribution in [-0.4, -0.2) is 59.4 Å². The number of nitrogens with zero attached hydrogens (tertiary/aromatic N) is 3. The number of furan rings is 1. The number of para-hydroxylation sites is 1. The second kappa shape index (κ2) is 9.47. The van der Waals surface area contributed by atoms with Crippen molar-refractivity contribution in [3.63, 3.8) is 0 Å². The highest BCUT2D eigenvalue weighted by Crippen LogP contribution is 2.24. The van der Waals surface area contributed by atoms with Gasteiger partial charge in [-0.1, -0.05) is 25.1 Å². The summed E-state index contributed by atoms with van der Waals surface area (Å²) in [5.74, 6) is 0.605. The molecule has 0 spiro atoms. The Bertz CT molecular complexity index is 1080. The van der Waals surface area contributed by atoms with Crippen LogP contribution in [0, 0.1) is 0 Å². The Hall–Kier alpha value is -3.61. The van der Waals surface area contributed by atoms with E-state index in [-0.39, 0.29) is 11.8 Å². The topological polar surface area (TPSA) is 75.9 Å². The maximum Gasteiger partial charge on any atom is 0.289 e. The van der Waals surface area contributed by atoms with Crippen LogP contribution < -0.4 is 4.74 Å². The molecule has 0 bridgehead atoms. The van der Waals surface area contributed by atoms with E-state index < -0.39 is 0 Å². The molecule has 0 aliphatic carbocycles. The van der Waals surface area contributed by atoms with Gasteiger partial charge in [0.05, 0.1) is 18.4 Å². The molecule has 3 heterocycles. The third-order valence-electron chi connectivity index (χ3n) is 5.18. The molecule has 0 radical (unpaired) electrons. The molecule has 0 saturated carbocycles. The first-order valence-electron chi connectivity index (χ1n) is 10.5. The van der Waals surface area contributed by atoms with Gasteiger partial charge in [-0.15, -0.1) is 0 Å². The molecule has 0 atom stereocenters. The summed E-state index contributed by atoms with van der Waals surface area (Å²) < 4.78 is 11.0. The Kier molecular flexibility index (Phi) is 6.31. The molecule has 0 N–H and O–H groups in total. The highest BCUT2D eigenvalue weighted by atomic mass is 16.5. The van der Waals surface area contributed by atoms with Crippen LogP contribution >= 0.6 is 0 Å². The van der Waals surface area contributed by atoms with Gasteiger partial charge in [-0.05, 0) is 36.8 Å². The maximum absolute atomic E-state index is 12.7. The van der Waals surface area contributed by atoms with Crippen LogP contribution in [0.2, 0.25) is 0 Å². The first-order chi connectivity index (χ1) is 15.2. The van der Waals surface area contributed by atoms with Crippen molar-refractivity contribution in [3.05, 3.63) is 66.1 Å². The van der Waals surface area contributed by atoms with Gasteiger partial charge in [0, 0.05) is 43.2 Å². The maximum atomic E-state index is 12.7. The minimum Gasteiger partial charge on any atom is -0.477 e. The van der Waals surface area contributed by atoms with Crippen molar-refractivity contribution in [2.45, 2.75) is 13.3 Å². The highest BCUT2D eigenvalue weighted by Gasteiger charge is 2.25. The van der Waals surface area contributed by atoms with E-state index in [2.05, 4.69) is 4.98 Å². The molecule has 1 aliphatic rings. The van der Waals surface area contributed by atoms with Crippen LogP contribution in [0.3, 0.4) is 0 Å². The fourth-order valence-electron chi connectivity index (χ4n) is 3.50. The van der Waals surface area contributed by atoms with E-state index in [1.807, 2.05) is 37.3 Å². The smallest absolute Gasteiger partial charge is 0.289 e. The van der Waals surface area contributed by atoms with Gasteiger partial charge >= 0.3 is 0 Å². The van der Waals surface area contributed by atoms with Gasteiger partial charge in [0.25, 0.3) is 5.91 Å². The van der Waals surface area contributed by atoms with Gasteiger partial charge in [0.1, 0.15) is 0 Å². The van der Waals surface area contributed by atoms with E-state index in [1.54, 1.807) is 34.1 Å². The van der Waals surface area contributed by atoms with Crippen LogP contribution in [0.1, 0.15) is 29.5 Å². The third kappa shape index (κ3) is 4.77. The number of hydrogen-bond acceptors (Lipinski definition) is 5. The molecule has 7 nitrogen and oxygen atoms in total. The van der Waals surface area contributed by atoms with Gasteiger partial charge in [-0.2, -0.15) is 0 Å². The number of hydrogen-bond donors (Lipinski definition) is 0. The summed E-state index contributed by atoms with van der Waals surface area (Å²) in [6, 6.07) is 13.1. The lowest BCUT2D eigenvalue weighted by atomic mass is 10.1. The molecule has 0 unspecified atom stereocenters. The Morgan fingerprint density at radius 1 is 1.10 bits per heavy atom. The Morgan fingerprint density at radius 2 is 1.87 bits per heavy atom. The van der Waals surface area contributed by atoms with Crippen LogP contribution in [0.15, 0.2) is 59.2 Å². The van der Waals surface area contributed by atoms with E-state index in [0.29, 0.717) is 44.4 Å². The monoisotopic (exact) mass is 419 g/mol. The molecule has 1 aromatic carbocycles. The summed E-state index contributed by atoms with van der Waals surface area (Å²) in [4.78, 5) is 33.1. The van der Waals surface area contributed by atoms with E-state index in [1.165, 1.54) is 6.26 Å². The van der Waals surface area contributed by atoms with Gasteiger partial charge < -0.3 is 19.0 Å². The van der Waals surface area contributed by atoms with Crippen LogP contribution in [0.5, 0.6) is 5.88 Å². The number of aromatic nitrogens is 1. The highest BCUT2D eigenvalue weighted by molar-refractivity contribution is 5.94. The molecule has 7 heteroatoms. The lowest BCUT2D eigenvalue weighted by Gasteiger charge is -2.33. The van der Waals surface area contributed by atoms with E-state index in [0.717, 1.165) is 22.9 Å². The summed E-state index contributed by atoms with van der Waals surface area (Å²) in [5, 5.41) is 0.989. The average molecular weight is 419 g/mol. The molecule has 1 aliphatic heterocycles. The Balaban J connectivity index is 1.43. The van der Waals surface area contributed by atoms with Crippen LogP contribution in [-0.2, 0) is 4.79 Å². The van der Waals surface area contributed by atoms with Crippen LogP contribution in [0.4, 0.5) is 0 Å². The Labute approximate surface area is 180 Å². The number of carbonyl (C=O) groups is 2. The minimum absolute atomic E-state index is 0.0975. The number of rotatable bonds is 6. The number of ether oxygens (including phenoxy) is 1. The largest absolute Gasteiger partial charge is 0.477 e. The molecule has 1 fully saturated rings. The second-order valence-corrected chi connectivity index (χ2v) is 7.35. The average Bonchev–Trinajstić information content (AvgIpc) is 3.35. The molecule has 2 amide bonds. The van der Waals surface area contributed by atoms with Gasteiger partial charge in [0.2, 0.25) is 11.8 Å². The van der Waals surface area contributed by atoms with E-state index >= 15 is 0 Å². The molecular weight excluding hydrogens is 394 g/mol. The van der Waals surface area contributed by atoms with Gasteiger partial charge in [-0.3, -0.25) is 9.59 Å². The Morgan fingerprint density at radius 3 is 2.61 bits per heavy atom. The van der Waals surface area contributed by atoms with E-state index in [4.69, 9.17) is 9.15 Å². The zero-order chi connectivity index (χ0) is 21.6. The van der Waals surface area contributed by atoms with Crippen molar-refractivity contribution in [1.82, 2.24) is 14.8 Å². The first kappa shape index (κ1) is 20.7. The zero-order valence-electron chi connectivity index (χ0n) is 17.5. The van der Waals surface area contributed by atoms with Crippen molar-refractivity contribution in [2.75, 3.05) is 32.8 Å². The second-order valence-electron chi connectivity index (χ2n) is 7.35. The zero-order valence-corrected chi connectivity index (χ0v) is 17.5. The number of fused-ring (bicyclic) bond motifs is 1. The summed E-state index contributed by atoms with van der Waals surface area (Å²) in [6.07, 6.45) is 5.66. The minimum atomic E-state index is -0.146. The number of piperazine rings is 1. The molecule has 31 heavy (non-hydrogen) atoms. The lowest BCUT2D eigenvalue weighted by Crippen LogP contribution is -2.50. The predicted molar refractivity (Wildman–Crippen MR) is 118 cm³/mol. The predicted octanol–water partition coefficient (Wildman–Crippen LogP) is 3.61.